The summed E-state index contributed by atoms with van der Waals surface area (Å²) in [7, 11) is 0. The van der Waals surface area contributed by atoms with E-state index in [0.29, 0.717) is 16.9 Å². The van der Waals surface area contributed by atoms with E-state index in [1.165, 1.54) is 23.6 Å². The standard InChI is InChI=1S/C22H19N3O3S/c1-15(16-9-11-18(12-10-16)17-6-3-2-4-7-17)23-20(26)14-29-22-25-24-21(28-22)19-8-5-13-27-19/h2-13,15H,14H2,1H3,(H,23,26)/t15-/m0/s1. The zero-order valence-electron chi connectivity index (χ0n) is 15.7. The van der Waals surface area contributed by atoms with Crippen LogP contribution in [0.3, 0.4) is 0 Å². The number of rotatable bonds is 7. The van der Waals surface area contributed by atoms with E-state index in [9.17, 15) is 4.79 Å². The quantitative estimate of drug-likeness (QED) is 0.437. The summed E-state index contributed by atoms with van der Waals surface area (Å²) >= 11 is 1.19. The van der Waals surface area contributed by atoms with Crippen LogP contribution in [0.1, 0.15) is 18.5 Å². The Morgan fingerprint density at radius 2 is 1.76 bits per heavy atom. The molecule has 1 atom stereocenters. The van der Waals surface area contributed by atoms with E-state index in [2.05, 4.69) is 39.8 Å². The van der Waals surface area contributed by atoms with Gasteiger partial charge in [-0.05, 0) is 35.7 Å². The third-order valence-corrected chi connectivity index (χ3v) is 5.18. The Bertz CT molecular complexity index is 1060. The van der Waals surface area contributed by atoms with Gasteiger partial charge in [-0.1, -0.05) is 66.4 Å². The van der Waals surface area contributed by atoms with Gasteiger partial charge in [0.25, 0.3) is 11.1 Å². The number of hydrogen-bond donors (Lipinski definition) is 1. The highest BCUT2D eigenvalue weighted by atomic mass is 32.2. The number of carbonyl (C=O) groups is 1. The van der Waals surface area contributed by atoms with Crippen molar-refractivity contribution in [1.82, 2.24) is 15.5 Å². The third-order valence-electron chi connectivity index (χ3n) is 4.36. The lowest BCUT2D eigenvalue weighted by Gasteiger charge is -2.14. The molecule has 4 aromatic rings. The largest absolute Gasteiger partial charge is 0.459 e. The molecule has 1 amide bonds. The first kappa shape index (κ1) is 19.0. The molecule has 0 saturated carbocycles. The molecule has 0 saturated heterocycles. The summed E-state index contributed by atoms with van der Waals surface area (Å²) in [6.07, 6.45) is 1.54. The molecule has 0 aliphatic carbocycles. The van der Waals surface area contributed by atoms with Crippen LogP contribution in [0, 0.1) is 0 Å². The number of hydrogen-bond acceptors (Lipinski definition) is 6. The zero-order chi connectivity index (χ0) is 20.1. The van der Waals surface area contributed by atoms with Crippen LogP contribution in [-0.4, -0.2) is 21.9 Å². The second-order valence-electron chi connectivity index (χ2n) is 6.42. The highest BCUT2D eigenvalue weighted by Crippen LogP contribution is 2.24. The van der Waals surface area contributed by atoms with Gasteiger partial charge in [0, 0.05) is 0 Å². The van der Waals surface area contributed by atoms with E-state index in [1.54, 1.807) is 12.1 Å². The van der Waals surface area contributed by atoms with Crippen molar-refractivity contribution < 1.29 is 13.6 Å². The monoisotopic (exact) mass is 405 g/mol. The number of amides is 1. The number of aromatic nitrogens is 2. The van der Waals surface area contributed by atoms with Crippen molar-refractivity contribution in [2.75, 3.05) is 5.75 Å². The van der Waals surface area contributed by atoms with Crippen molar-refractivity contribution in [2.24, 2.45) is 0 Å². The van der Waals surface area contributed by atoms with Crippen LogP contribution in [0.4, 0.5) is 0 Å². The molecule has 146 valence electrons. The van der Waals surface area contributed by atoms with Crippen molar-refractivity contribution in [3.05, 3.63) is 78.6 Å². The van der Waals surface area contributed by atoms with E-state index >= 15 is 0 Å². The van der Waals surface area contributed by atoms with E-state index in [0.717, 1.165) is 11.1 Å². The molecule has 7 heteroatoms. The number of benzene rings is 2. The molecule has 0 fully saturated rings. The van der Waals surface area contributed by atoms with Crippen molar-refractivity contribution >= 4 is 17.7 Å². The molecule has 0 bridgehead atoms. The Labute approximate surface area is 172 Å². The minimum absolute atomic E-state index is 0.103. The Balaban J connectivity index is 1.30. The maximum absolute atomic E-state index is 12.3. The molecule has 29 heavy (non-hydrogen) atoms. The van der Waals surface area contributed by atoms with E-state index in [1.807, 2.05) is 37.3 Å². The van der Waals surface area contributed by atoms with Crippen LogP contribution >= 0.6 is 11.8 Å². The fraction of sp³-hybridized carbons (Fsp3) is 0.136. The predicted molar refractivity (Wildman–Crippen MR) is 111 cm³/mol. The van der Waals surface area contributed by atoms with Crippen LogP contribution in [0.15, 0.2) is 87.1 Å². The summed E-state index contributed by atoms with van der Waals surface area (Å²) < 4.78 is 10.7. The van der Waals surface area contributed by atoms with Gasteiger partial charge < -0.3 is 14.2 Å². The van der Waals surface area contributed by atoms with Crippen molar-refractivity contribution in [2.45, 2.75) is 18.2 Å². The number of nitrogens with zero attached hydrogens (tertiary/aromatic N) is 2. The summed E-state index contributed by atoms with van der Waals surface area (Å²) in [4.78, 5) is 12.3. The Kier molecular flexibility index (Phi) is 5.76. The first-order chi connectivity index (χ1) is 14.2. The number of nitrogens with one attached hydrogen (secondary N) is 1. The minimum Gasteiger partial charge on any atom is -0.459 e. The molecule has 0 spiro atoms. The average molecular weight is 405 g/mol. The molecule has 0 radical (unpaired) electrons. The van der Waals surface area contributed by atoms with Gasteiger partial charge in [0.2, 0.25) is 5.91 Å². The van der Waals surface area contributed by atoms with Crippen LogP contribution in [0.2, 0.25) is 0 Å². The maximum Gasteiger partial charge on any atom is 0.284 e. The van der Waals surface area contributed by atoms with Gasteiger partial charge in [0.1, 0.15) is 0 Å². The van der Waals surface area contributed by atoms with Gasteiger partial charge in [-0.3, -0.25) is 4.79 Å². The number of thioether (sulfide) groups is 1. The third kappa shape index (κ3) is 4.75. The fourth-order valence-electron chi connectivity index (χ4n) is 2.86. The summed E-state index contributed by atoms with van der Waals surface area (Å²) in [6, 6.07) is 21.8. The predicted octanol–water partition coefficient (Wildman–Crippen LogP) is 4.97. The topological polar surface area (TPSA) is 81.2 Å². The van der Waals surface area contributed by atoms with E-state index < -0.39 is 0 Å². The summed E-state index contributed by atoms with van der Waals surface area (Å²) in [5.74, 6) is 0.880. The molecule has 0 aliphatic heterocycles. The molecule has 2 aromatic carbocycles. The normalized spacial score (nSPS) is 11.9. The second-order valence-corrected chi connectivity index (χ2v) is 7.34. The van der Waals surface area contributed by atoms with Crippen LogP contribution < -0.4 is 5.32 Å². The summed E-state index contributed by atoms with van der Waals surface area (Å²) in [6.45, 7) is 1.96. The molecule has 2 aromatic heterocycles. The average Bonchev–Trinajstić information content (AvgIpc) is 3.45. The van der Waals surface area contributed by atoms with Crippen LogP contribution in [-0.2, 0) is 4.79 Å². The zero-order valence-corrected chi connectivity index (χ0v) is 16.6. The van der Waals surface area contributed by atoms with E-state index in [-0.39, 0.29) is 17.7 Å². The van der Waals surface area contributed by atoms with Gasteiger partial charge in [-0.2, -0.15) is 0 Å². The molecular formula is C22H19N3O3S. The summed E-state index contributed by atoms with van der Waals surface area (Å²) in [5.41, 5.74) is 3.36. The lowest BCUT2D eigenvalue weighted by molar-refractivity contribution is -0.119. The summed E-state index contributed by atoms with van der Waals surface area (Å²) in [5, 5.41) is 11.2. The van der Waals surface area contributed by atoms with Crippen LogP contribution in [0.5, 0.6) is 0 Å². The lowest BCUT2D eigenvalue weighted by Crippen LogP contribution is -2.28. The van der Waals surface area contributed by atoms with Gasteiger partial charge in [0.15, 0.2) is 5.76 Å². The van der Waals surface area contributed by atoms with Crippen molar-refractivity contribution in [1.29, 1.82) is 0 Å². The highest BCUT2D eigenvalue weighted by molar-refractivity contribution is 7.99. The minimum atomic E-state index is -0.104. The molecule has 6 nitrogen and oxygen atoms in total. The molecule has 4 rings (SSSR count). The molecule has 0 unspecified atom stereocenters. The van der Waals surface area contributed by atoms with Gasteiger partial charge in [-0.15, -0.1) is 10.2 Å². The molecule has 1 N–H and O–H groups in total. The van der Waals surface area contributed by atoms with Crippen LogP contribution in [0.25, 0.3) is 22.8 Å². The Morgan fingerprint density at radius 3 is 2.48 bits per heavy atom. The highest BCUT2D eigenvalue weighted by Gasteiger charge is 2.14. The smallest absolute Gasteiger partial charge is 0.284 e. The fourth-order valence-corrected chi connectivity index (χ4v) is 3.43. The number of carbonyl (C=O) groups excluding carboxylic acids is 1. The lowest BCUT2D eigenvalue weighted by atomic mass is 10.0. The number of furan rings is 1. The second kappa shape index (κ2) is 8.79. The van der Waals surface area contributed by atoms with Crippen molar-refractivity contribution in [3.63, 3.8) is 0 Å². The van der Waals surface area contributed by atoms with Gasteiger partial charge in [-0.25, -0.2) is 0 Å². The maximum atomic E-state index is 12.3. The molecule has 2 heterocycles. The molecular weight excluding hydrogens is 386 g/mol. The Morgan fingerprint density at radius 1 is 1.00 bits per heavy atom. The Hall–Kier alpha value is -3.32. The SMILES string of the molecule is C[C@H](NC(=O)CSc1nnc(-c2ccco2)o1)c1ccc(-c2ccccc2)cc1. The van der Waals surface area contributed by atoms with Gasteiger partial charge in [0.05, 0.1) is 18.1 Å². The molecule has 0 aliphatic rings. The first-order valence-corrected chi connectivity index (χ1v) is 10.1. The van der Waals surface area contributed by atoms with Crippen molar-refractivity contribution in [3.8, 4) is 22.8 Å². The van der Waals surface area contributed by atoms with Gasteiger partial charge >= 0.3 is 0 Å². The first-order valence-electron chi connectivity index (χ1n) is 9.14. The van der Waals surface area contributed by atoms with E-state index in [4.69, 9.17) is 8.83 Å².